The quantitative estimate of drug-likeness (QED) is 0.697. The fraction of sp³-hybridized carbons (Fsp3) is 0.318. The molecule has 1 atom stereocenters. The maximum atomic E-state index is 14.4. The van der Waals surface area contributed by atoms with Crippen molar-refractivity contribution in [1.29, 1.82) is 0 Å². The smallest absolute Gasteiger partial charge is 0.275 e. The van der Waals surface area contributed by atoms with E-state index in [1.54, 1.807) is 35.3 Å². The molecule has 0 spiro atoms. The zero-order valence-electron chi connectivity index (χ0n) is 16.4. The second-order valence-electron chi connectivity index (χ2n) is 7.50. The molecule has 2 aliphatic rings. The fourth-order valence-electron chi connectivity index (χ4n) is 4.39. The lowest BCUT2D eigenvalue weighted by Crippen LogP contribution is -2.49. The van der Waals surface area contributed by atoms with Gasteiger partial charge in [-0.1, -0.05) is 18.2 Å². The van der Waals surface area contributed by atoms with Crippen molar-refractivity contribution in [2.45, 2.75) is 25.3 Å². The van der Waals surface area contributed by atoms with Gasteiger partial charge in [0.05, 0.1) is 6.04 Å². The lowest BCUT2D eigenvalue weighted by Gasteiger charge is -2.36. The number of carbonyl (C=O) groups is 1. The number of carbonyl (C=O) groups excluding carboxylic acids is 1. The van der Waals surface area contributed by atoms with Gasteiger partial charge in [-0.05, 0) is 43.0 Å². The summed E-state index contributed by atoms with van der Waals surface area (Å²) in [5, 5.41) is 7.98. The maximum Gasteiger partial charge on any atom is 0.275 e. The molecule has 6 nitrogen and oxygen atoms in total. The van der Waals surface area contributed by atoms with Crippen LogP contribution in [0, 0.1) is 5.82 Å². The van der Waals surface area contributed by atoms with Gasteiger partial charge >= 0.3 is 0 Å². The summed E-state index contributed by atoms with van der Waals surface area (Å²) in [6, 6.07) is 10.4. The van der Waals surface area contributed by atoms with E-state index in [2.05, 4.69) is 15.4 Å². The number of hydrogen-bond donors (Lipinski definition) is 1. The van der Waals surface area contributed by atoms with Gasteiger partial charge in [0.15, 0.2) is 5.69 Å². The number of nitrogens with one attached hydrogen (secondary N) is 1. The Morgan fingerprint density at radius 1 is 1.17 bits per heavy atom. The number of para-hydroxylation sites is 1. The zero-order chi connectivity index (χ0) is 19.8. The molecule has 3 heterocycles. The summed E-state index contributed by atoms with van der Waals surface area (Å²) < 4.78 is 16.1. The topological polar surface area (TPSA) is 63.1 Å². The second kappa shape index (κ2) is 8.53. The molecular weight excluding hydrogens is 405 g/mol. The van der Waals surface area contributed by atoms with Crippen molar-refractivity contribution in [2.75, 3.05) is 19.6 Å². The van der Waals surface area contributed by atoms with Crippen molar-refractivity contribution < 1.29 is 9.18 Å². The van der Waals surface area contributed by atoms with E-state index in [1.165, 1.54) is 6.07 Å². The lowest BCUT2D eigenvalue weighted by molar-refractivity contribution is 0.0626. The van der Waals surface area contributed by atoms with Crippen molar-refractivity contribution >= 4 is 18.3 Å². The molecule has 1 aliphatic carbocycles. The Hall–Kier alpha value is -2.77. The van der Waals surface area contributed by atoms with E-state index in [9.17, 15) is 9.18 Å². The molecule has 1 aliphatic heterocycles. The minimum Gasteiger partial charge on any atom is -0.328 e. The number of aromatic nitrogens is 3. The Morgan fingerprint density at radius 3 is 2.83 bits per heavy atom. The first-order chi connectivity index (χ1) is 14.2. The van der Waals surface area contributed by atoms with Gasteiger partial charge in [0.1, 0.15) is 11.5 Å². The Bertz CT molecular complexity index is 1050. The number of piperazine rings is 1. The van der Waals surface area contributed by atoms with Crippen molar-refractivity contribution in [3.8, 4) is 5.69 Å². The predicted molar refractivity (Wildman–Crippen MR) is 114 cm³/mol. The van der Waals surface area contributed by atoms with Gasteiger partial charge in [-0.2, -0.15) is 5.10 Å². The van der Waals surface area contributed by atoms with Crippen molar-refractivity contribution in [1.82, 2.24) is 25.0 Å². The van der Waals surface area contributed by atoms with E-state index in [4.69, 9.17) is 0 Å². The van der Waals surface area contributed by atoms with Crippen LogP contribution in [0.25, 0.3) is 5.69 Å². The maximum absolute atomic E-state index is 14.4. The van der Waals surface area contributed by atoms with Crippen LogP contribution in [0.1, 0.15) is 39.8 Å². The van der Waals surface area contributed by atoms with E-state index in [0.717, 1.165) is 42.6 Å². The highest BCUT2D eigenvalue weighted by molar-refractivity contribution is 5.94. The van der Waals surface area contributed by atoms with Crippen molar-refractivity contribution in [3.05, 3.63) is 77.1 Å². The molecule has 8 heteroatoms. The van der Waals surface area contributed by atoms with Crippen LogP contribution in [0.3, 0.4) is 0 Å². The van der Waals surface area contributed by atoms with Gasteiger partial charge in [0.25, 0.3) is 5.91 Å². The minimum atomic E-state index is -0.334. The van der Waals surface area contributed by atoms with Crippen LogP contribution in [0.15, 0.2) is 48.8 Å². The number of pyridine rings is 1. The molecule has 1 aromatic carbocycles. The van der Waals surface area contributed by atoms with E-state index >= 15 is 0 Å². The molecule has 1 saturated heterocycles. The Morgan fingerprint density at radius 2 is 2.03 bits per heavy atom. The molecule has 1 N–H and O–H groups in total. The number of nitrogens with zero attached hydrogens (tertiary/aromatic N) is 4. The number of rotatable bonds is 3. The van der Waals surface area contributed by atoms with Crippen LogP contribution in [-0.2, 0) is 12.8 Å². The molecule has 30 heavy (non-hydrogen) atoms. The molecule has 3 aromatic rings. The van der Waals surface area contributed by atoms with Gasteiger partial charge in [0, 0.05) is 43.3 Å². The van der Waals surface area contributed by atoms with Crippen LogP contribution < -0.4 is 5.32 Å². The summed E-state index contributed by atoms with van der Waals surface area (Å²) in [5.74, 6) is -0.423. The average molecular weight is 428 g/mol. The SMILES string of the molecule is Cl.O=C(c1nn(-c2ccccc2F)c2c1CCC2)N1CCNCC1c1cccnc1. The number of amides is 1. The van der Waals surface area contributed by atoms with Crippen LogP contribution in [-0.4, -0.2) is 45.2 Å². The average Bonchev–Trinajstić information content (AvgIpc) is 3.37. The lowest BCUT2D eigenvalue weighted by atomic mass is 10.0. The number of halogens is 2. The number of hydrogen-bond acceptors (Lipinski definition) is 4. The Kier molecular flexibility index (Phi) is 5.83. The van der Waals surface area contributed by atoms with E-state index in [-0.39, 0.29) is 30.2 Å². The second-order valence-corrected chi connectivity index (χ2v) is 7.50. The summed E-state index contributed by atoms with van der Waals surface area (Å²) in [6.07, 6.45) is 6.09. The fourth-order valence-corrected chi connectivity index (χ4v) is 4.39. The Labute approximate surface area is 180 Å². The van der Waals surface area contributed by atoms with Crippen molar-refractivity contribution in [3.63, 3.8) is 0 Å². The van der Waals surface area contributed by atoms with Gasteiger partial charge in [0.2, 0.25) is 0 Å². The van der Waals surface area contributed by atoms with Gasteiger partial charge in [-0.3, -0.25) is 9.78 Å². The first kappa shape index (κ1) is 20.5. The molecule has 0 bridgehead atoms. The molecule has 1 unspecified atom stereocenters. The minimum absolute atomic E-state index is 0. The summed E-state index contributed by atoms with van der Waals surface area (Å²) in [6.45, 7) is 2.01. The van der Waals surface area contributed by atoms with Crippen LogP contribution in [0.2, 0.25) is 0 Å². The van der Waals surface area contributed by atoms with Gasteiger partial charge in [-0.15, -0.1) is 12.4 Å². The van der Waals surface area contributed by atoms with E-state index < -0.39 is 0 Å². The highest BCUT2D eigenvalue weighted by Crippen LogP contribution is 2.31. The van der Waals surface area contributed by atoms with Crippen LogP contribution in [0.4, 0.5) is 4.39 Å². The molecule has 2 aromatic heterocycles. The number of benzene rings is 1. The molecule has 0 radical (unpaired) electrons. The molecular formula is C22H23ClFN5O. The highest BCUT2D eigenvalue weighted by atomic mass is 35.5. The van der Waals surface area contributed by atoms with Gasteiger partial charge in [-0.25, -0.2) is 9.07 Å². The molecule has 0 saturated carbocycles. The van der Waals surface area contributed by atoms with Crippen LogP contribution in [0.5, 0.6) is 0 Å². The molecule has 5 rings (SSSR count). The third-order valence-corrected chi connectivity index (χ3v) is 5.79. The van der Waals surface area contributed by atoms with Crippen LogP contribution >= 0.6 is 12.4 Å². The third kappa shape index (κ3) is 3.48. The highest BCUT2D eigenvalue weighted by Gasteiger charge is 2.34. The van der Waals surface area contributed by atoms with E-state index in [0.29, 0.717) is 24.5 Å². The summed E-state index contributed by atoms with van der Waals surface area (Å²) in [5.41, 5.74) is 3.76. The molecule has 1 fully saturated rings. The first-order valence-corrected chi connectivity index (χ1v) is 10.0. The zero-order valence-corrected chi connectivity index (χ0v) is 17.2. The summed E-state index contributed by atoms with van der Waals surface area (Å²) >= 11 is 0. The standard InChI is InChI=1S/C22H22FN5O.ClH/c23-17-7-1-2-8-19(17)28-18-9-3-6-16(18)21(26-28)22(29)27-12-11-25-14-20(27)15-5-4-10-24-13-15;/h1-2,4-5,7-8,10,13,20,25H,3,6,9,11-12,14H2;1H. The third-order valence-electron chi connectivity index (χ3n) is 5.79. The largest absolute Gasteiger partial charge is 0.328 e. The monoisotopic (exact) mass is 427 g/mol. The first-order valence-electron chi connectivity index (χ1n) is 10.0. The molecule has 156 valence electrons. The van der Waals surface area contributed by atoms with Gasteiger partial charge < -0.3 is 10.2 Å². The normalized spacial score (nSPS) is 18.0. The number of fused-ring (bicyclic) bond motifs is 1. The molecule has 1 amide bonds. The summed E-state index contributed by atoms with van der Waals surface area (Å²) in [7, 11) is 0. The summed E-state index contributed by atoms with van der Waals surface area (Å²) in [4.78, 5) is 19.7. The van der Waals surface area contributed by atoms with E-state index in [1.807, 2.05) is 17.0 Å². The Balaban J connectivity index is 0.00000218. The predicted octanol–water partition coefficient (Wildman–Crippen LogP) is 3.10. The van der Waals surface area contributed by atoms with Crippen molar-refractivity contribution in [2.24, 2.45) is 0 Å².